The Morgan fingerprint density at radius 2 is 1.67 bits per heavy atom. The van der Waals surface area contributed by atoms with Gasteiger partial charge in [0.25, 0.3) is 5.92 Å². The van der Waals surface area contributed by atoms with Gasteiger partial charge < -0.3 is 0 Å². The highest BCUT2D eigenvalue weighted by atomic mass is 19.3. The highest BCUT2D eigenvalue weighted by Crippen LogP contribution is 2.40. The molecule has 0 radical (unpaired) electrons. The smallest absolute Gasteiger partial charge is 0.202 e. The standard InChI is InChI=1S/C10H8F2/c11-10(12)6-9(7-10)8-4-2-1-3-5-8/h1-6H,7H2. The van der Waals surface area contributed by atoms with Crippen molar-refractivity contribution in [2.24, 2.45) is 0 Å². The van der Waals surface area contributed by atoms with Crippen LogP contribution in [-0.2, 0) is 0 Å². The molecular formula is C10H8F2. The lowest BCUT2D eigenvalue weighted by Gasteiger charge is -2.24. The third kappa shape index (κ3) is 1.24. The highest BCUT2D eigenvalue weighted by Gasteiger charge is 2.36. The first-order valence-corrected chi connectivity index (χ1v) is 3.82. The molecule has 1 aromatic rings. The molecule has 0 saturated carbocycles. The lowest BCUT2D eigenvalue weighted by Crippen LogP contribution is -2.22. The molecule has 0 atom stereocenters. The van der Waals surface area contributed by atoms with Crippen LogP contribution in [-0.4, -0.2) is 5.92 Å². The van der Waals surface area contributed by atoms with Gasteiger partial charge in [-0.1, -0.05) is 30.3 Å². The molecule has 1 aliphatic carbocycles. The summed E-state index contributed by atoms with van der Waals surface area (Å²) in [6.07, 6.45) is 0.916. The monoisotopic (exact) mass is 166 g/mol. The summed E-state index contributed by atoms with van der Waals surface area (Å²) in [5.41, 5.74) is 1.66. The van der Waals surface area contributed by atoms with Crippen molar-refractivity contribution in [2.75, 3.05) is 0 Å². The maximum absolute atomic E-state index is 12.4. The molecule has 0 fully saturated rings. The topological polar surface area (TPSA) is 0 Å². The van der Waals surface area contributed by atoms with Gasteiger partial charge in [0.2, 0.25) is 0 Å². The van der Waals surface area contributed by atoms with E-state index in [0.717, 1.165) is 17.2 Å². The van der Waals surface area contributed by atoms with Gasteiger partial charge in [-0.05, 0) is 17.2 Å². The van der Waals surface area contributed by atoms with E-state index in [2.05, 4.69) is 0 Å². The second-order valence-electron chi connectivity index (χ2n) is 2.97. The number of benzene rings is 1. The van der Waals surface area contributed by atoms with E-state index in [4.69, 9.17) is 0 Å². The van der Waals surface area contributed by atoms with Gasteiger partial charge in [0, 0.05) is 6.42 Å². The summed E-state index contributed by atoms with van der Waals surface area (Å²) in [5.74, 6) is -2.56. The molecule has 0 aromatic heterocycles. The molecule has 62 valence electrons. The summed E-state index contributed by atoms with van der Waals surface area (Å²) >= 11 is 0. The minimum atomic E-state index is -2.56. The van der Waals surface area contributed by atoms with Crippen LogP contribution < -0.4 is 0 Å². The van der Waals surface area contributed by atoms with Gasteiger partial charge in [0.05, 0.1) is 0 Å². The van der Waals surface area contributed by atoms with Crippen molar-refractivity contribution in [2.45, 2.75) is 12.3 Å². The van der Waals surface area contributed by atoms with Crippen molar-refractivity contribution < 1.29 is 8.78 Å². The van der Waals surface area contributed by atoms with E-state index in [9.17, 15) is 8.78 Å². The Bertz CT molecular complexity index is 312. The van der Waals surface area contributed by atoms with Gasteiger partial charge in [-0.2, -0.15) is 0 Å². The summed E-state index contributed by atoms with van der Waals surface area (Å²) < 4.78 is 24.8. The number of allylic oxidation sites excluding steroid dienone is 2. The summed E-state index contributed by atoms with van der Waals surface area (Å²) in [7, 11) is 0. The summed E-state index contributed by atoms with van der Waals surface area (Å²) in [4.78, 5) is 0. The molecule has 0 aliphatic heterocycles. The molecule has 1 aliphatic rings. The van der Waals surface area contributed by atoms with Gasteiger partial charge in [-0.3, -0.25) is 0 Å². The van der Waals surface area contributed by atoms with Crippen LogP contribution in [0, 0.1) is 0 Å². The van der Waals surface area contributed by atoms with Crippen molar-refractivity contribution in [3.05, 3.63) is 42.0 Å². The van der Waals surface area contributed by atoms with E-state index in [1.165, 1.54) is 0 Å². The van der Waals surface area contributed by atoms with E-state index >= 15 is 0 Å². The van der Waals surface area contributed by atoms with Crippen molar-refractivity contribution in [1.29, 1.82) is 0 Å². The van der Waals surface area contributed by atoms with E-state index in [1.54, 1.807) is 0 Å². The predicted octanol–water partition coefficient (Wildman–Crippen LogP) is 3.11. The number of halogens is 2. The summed E-state index contributed by atoms with van der Waals surface area (Å²) in [6.45, 7) is 0. The maximum atomic E-state index is 12.4. The average molecular weight is 166 g/mol. The fourth-order valence-electron chi connectivity index (χ4n) is 1.32. The molecular weight excluding hydrogens is 158 g/mol. The Balaban J connectivity index is 2.26. The van der Waals surface area contributed by atoms with Crippen LogP contribution in [0.2, 0.25) is 0 Å². The number of alkyl halides is 2. The van der Waals surface area contributed by atoms with Crippen LogP contribution in [0.3, 0.4) is 0 Å². The molecule has 2 rings (SSSR count). The molecule has 0 nitrogen and oxygen atoms in total. The molecule has 12 heavy (non-hydrogen) atoms. The SMILES string of the molecule is FC1(F)C=C(c2ccccc2)C1. The zero-order chi connectivity index (χ0) is 8.60. The average Bonchev–Trinajstić information content (AvgIpc) is 2.02. The molecule has 2 heteroatoms. The van der Waals surface area contributed by atoms with Crippen molar-refractivity contribution in [3.63, 3.8) is 0 Å². The van der Waals surface area contributed by atoms with Gasteiger partial charge in [0.15, 0.2) is 0 Å². The summed E-state index contributed by atoms with van der Waals surface area (Å²) in [5, 5.41) is 0. The second-order valence-corrected chi connectivity index (χ2v) is 2.97. The van der Waals surface area contributed by atoms with Crippen LogP contribution in [0.25, 0.3) is 5.57 Å². The van der Waals surface area contributed by atoms with Gasteiger partial charge in [0.1, 0.15) is 0 Å². The fourth-order valence-corrected chi connectivity index (χ4v) is 1.32. The molecule has 1 aromatic carbocycles. The number of hydrogen-bond acceptors (Lipinski definition) is 0. The third-order valence-electron chi connectivity index (χ3n) is 1.96. The van der Waals surface area contributed by atoms with Crippen LogP contribution in [0.1, 0.15) is 12.0 Å². The van der Waals surface area contributed by atoms with E-state index < -0.39 is 5.92 Å². The van der Waals surface area contributed by atoms with Crippen LogP contribution in [0.15, 0.2) is 36.4 Å². The first-order chi connectivity index (χ1) is 5.67. The largest absolute Gasteiger partial charge is 0.271 e. The van der Waals surface area contributed by atoms with Crippen molar-refractivity contribution in [1.82, 2.24) is 0 Å². The van der Waals surface area contributed by atoms with Crippen molar-refractivity contribution >= 4 is 5.57 Å². The first-order valence-electron chi connectivity index (χ1n) is 3.82. The van der Waals surface area contributed by atoms with Gasteiger partial charge in [-0.15, -0.1) is 0 Å². The Morgan fingerprint density at radius 1 is 1.08 bits per heavy atom. The number of rotatable bonds is 1. The molecule has 0 saturated heterocycles. The molecule has 0 bridgehead atoms. The Labute approximate surface area is 69.5 Å². The molecule has 0 heterocycles. The Kier molecular flexibility index (Phi) is 1.50. The fraction of sp³-hybridized carbons (Fsp3) is 0.200. The van der Waals surface area contributed by atoms with Crippen LogP contribution >= 0.6 is 0 Å². The molecule has 0 spiro atoms. The maximum Gasteiger partial charge on any atom is 0.271 e. The molecule has 0 unspecified atom stereocenters. The van der Waals surface area contributed by atoms with E-state index in [0.29, 0.717) is 0 Å². The van der Waals surface area contributed by atoms with E-state index in [1.807, 2.05) is 30.3 Å². The van der Waals surface area contributed by atoms with Crippen LogP contribution in [0.4, 0.5) is 8.78 Å². The zero-order valence-electron chi connectivity index (χ0n) is 6.43. The van der Waals surface area contributed by atoms with Crippen molar-refractivity contribution in [3.8, 4) is 0 Å². The lowest BCUT2D eigenvalue weighted by molar-refractivity contribution is 0.0462. The lowest BCUT2D eigenvalue weighted by atomic mass is 9.89. The first kappa shape index (κ1) is 7.47. The quantitative estimate of drug-likeness (QED) is 0.601. The van der Waals surface area contributed by atoms with E-state index in [-0.39, 0.29) is 6.42 Å². The van der Waals surface area contributed by atoms with Crippen LogP contribution in [0.5, 0.6) is 0 Å². The van der Waals surface area contributed by atoms with Gasteiger partial charge >= 0.3 is 0 Å². The highest BCUT2D eigenvalue weighted by molar-refractivity contribution is 5.72. The normalized spacial score (nSPS) is 19.7. The minimum absolute atomic E-state index is 0.114. The van der Waals surface area contributed by atoms with Gasteiger partial charge in [-0.25, -0.2) is 8.78 Å². The predicted molar refractivity (Wildman–Crippen MR) is 44.0 cm³/mol. The Hall–Kier alpha value is -1.18. The zero-order valence-corrected chi connectivity index (χ0v) is 6.43. The number of hydrogen-bond donors (Lipinski definition) is 0. The second kappa shape index (κ2) is 2.41. The molecule has 0 N–H and O–H groups in total. The molecule has 0 amide bonds. The summed E-state index contributed by atoms with van der Waals surface area (Å²) in [6, 6.07) is 9.28. The Morgan fingerprint density at radius 3 is 2.17 bits per heavy atom. The third-order valence-corrected chi connectivity index (χ3v) is 1.96. The minimum Gasteiger partial charge on any atom is -0.202 e.